The Morgan fingerprint density at radius 3 is 2.52 bits per heavy atom. The van der Waals surface area contributed by atoms with E-state index in [9.17, 15) is 4.79 Å². The summed E-state index contributed by atoms with van der Waals surface area (Å²) in [6, 6.07) is 6.16. The van der Waals surface area contributed by atoms with Gasteiger partial charge in [0.05, 0.1) is 7.11 Å². The van der Waals surface area contributed by atoms with E-state index in [2.05, 4.69) is 35.5 Å². The number of hydrogen-bond acceptors (Lipinski definition) is 3. The molecule has 0 aliphatic rings. The highest BCUT2D eigenvalue weighted by atomic mass is 127. The zero-order chi connectivity index (χ0) is 17.9. The maximum absolute atomic E-state index is 11.7. The quantitative estimate of drug-likeness (QED) is 0.353. The normalized spacial score (nSPS) is 10.7. The van der Waals surface area contributed by atoms with Crippen LogP contribution in [0.3, 0.4) is 0 Å². The van der Waals surface area contributed by atoms with Crippen molar-refractivity contribution in [3.05, 3.63) is 29.3 Å². The number of carbonyl (C=O) groups is 1. The highest BCUT2D eigenvalue weighted by molar-refractivity contribution is 14.0. The van der Waals surface area contributed by atoms with Crippen LogP contribution in [0.15, 0.2) is 23.2 Å². The lowest BCUT2D eigenvalue weighted by molar-refractivity contribution is -0.127. The molecule has 0 fully saturated rings. The number of nitrogens with one attached hydrogen (secondary N) is 2. The van der Waals surface area contributed by atoms with Crippen LogP contribution >= 0.6 is 24.0 Å². The highest BCUT2D eigenvalue weighted by Crippen LogP contribution is 2.19. The third kappa shape index (κ3) is 8.94. The number of benzene rings is 1. The Balaban J connectivity index is 0.00000576. The molecule has 7 heteroatoms. The second-order valence-corrected chi connectivity index (χ2v) is 5.87. The molecule has 0 unspecified atom stereocenters. The molecule has 25 heavy (non-hydrogen) atoms. The number of hydrogen-bond donors (Lipinski definition) is 2. The minimum atomic E-state index is -0.0204. The predicted octanol–water partition coefficient (Wildman–Crippen LogP) is 2.20. The molecule has 1 amide bonds. The Morgan fingerprint density at radius 1 is 1.24 bits per heavy atom. The zero-order valence-electron chi connectivity index (χ0n) is 15.9. The van der Waals surface area contributed by atoms with Crippen LogP contribution in [0.4, 0.5) is 0 Å². The Morgan fingerprint density at radius 2 is 1.92 bits per heavy atom. The van der Waals surface area contributed by atoms with Crippen molar-refractivity contribution in [2.45, 2.75) is 26.7 Å². The summed E-state index contributed by atoms with van der Waals surface area (Å²) >= 11 is 0. The van der Waals surface area contributed by atoms with Gasteiger partial charge < -0.3 is 20.3 Å². The van der Waals surface area contributed by atoms with Gasteiger partial charge in [0.25, 0.3) is 0 Å². The summed E-state index contributed by atoms with van der Waals surface area (Å²) in [5.74, 6) is 1.54. The Bertz CT molecular complexity index is 562. The second kappa shape index (κ2) is 12.8. The minimum absolute atomic E-state index is 0. The number of guanidine groups is 1. The molecule has 0 saturated heterocycles. The average Bonchev–Trinajstić information content (AvgIpc) is 2.56. The van der Waals surface area contributed by atoms with Gasteiger partial charge in [-0.1, -0.05) is 24.6 Å². The summed E-state index contributed by atoms with van der Waals surface area (Å²) < 4.78 is 5.40. The smallest absolute Gasteiger partial charge is 0.243 e. The largest absolute Gasteiger partial charge is 0.496 e. The molecule has 0 spiro atoms. The maximum Gasteiger partial charge on any atom is 0.243 e. The summed E-state index contributed by atoms with van der Waals surface area (Å²) in [5.41, 5.74) is 2.37. The molecule has 0 atom stereocenters. The van der Waals surface area contributed by atoms with Gasteiger partial charge in [-0.3, -0.25) is 4.79 Å². The van der Waals surface area contributed by atoms with Crippen molar-refractivity contribution in [3.8, 4) is 5.75 Å². The van der Waals surface area contributed by atoms with Crippen LogP contribution in [0.2, 0.25) is 0 Å². The molecule has 1 aromatic rings. The fourth-order valence-electron chi connectivity index (χ4n) is 2.12. The van der Waals surface area contributed by atoms with Crippen LogP contribution < -0.4 is 15.4 Å². The molecule has 0 radical (unpaired) electrons. The van der Waals surface area contributed by atoms with E-state index < -0.39 is 0 Å². The van der Waals surface area contributed by atoms with Crippen LogP contribution in [-0.4, -0.2) is 57.6 Å². The third-order valence-corrected chi connectivity index (χ3v) is 3.54. The number of aryl methyl sites for hydroxylation is 1. The first-order valence-electron chi connectivity index (χ1n) is 8.33. The molecule has 1 aromatic carbocycles. The summed E-state index contributed by atoms with van der Waals surface area (Å²) in [5, 5.41) is 6.51. The molecule has 0 aromatic heterocycles. The Labute approximate surface area is 168 Å². The number of likely N-dealkylation sites (N-methyl/N-ethyl adjacent to an activating group) is 1. The summed E-state index contributed by atoms with van der Waals surface area (Å²) in [4.78, 5) is 17.6. The maximum atomic E-state index is 11.7. The zero-order valence-corrected chi connectivity index (χ0v) is 18.2. The van der Waals surface area contributed by atoms with Crippen molar-refractivity contribution < 1.29 is 9.53 Å². The van der Waals surface area contributed by atoms with Gasteiger partial charge in [-0.05, 0) is 31.4 Å². The minimum Gasteiger partial charge on any atom is -0.496 e. The number of rotatable bonds is 8. The third-order valence-electron chi connectivity index (χ3n) is 3.54. The lowest BCUT2D eigenvalue weighted by atomic mass is 10.1. The fourth-order valence-corrected chi connectivity index (χ4v) is 2.12. The number of methoxy groups -OCH3 is 1. The fraction of sp³-hybridized carbons (Fsp3) is 0.556. The number of amides is 1. The van der Waals surface area contributed by atoms with E-state index in [-0.39, 0.29) is 36.4 Å². The molecule has 142 valence electrons. The lowest BCUT2D eigenvalue weighted by Crippen LogP contribution is -2.39. The molecule has 0 aliphatic carbocycles. The molecule has 0 saturated carbocycles. The van der Waals surface area contributed by atoms with Crippen molar-refractivity contribution in [1.29, 1.82) is 0 Å². The summed E-state index contributed by atoms with van der Waals surface area (Å²) in [6.45, 7) is 5.83. The Hall–Kier alpha value is -1.51. The van der Waals surface area contributed by atoms with Gasteiger partial charge in [0.15, 0.2) is 5.96 Å². The van der Waals surface area contributed by atoms with E-state index in [1.165, 1.54) is 5.56 Å². The van der Waals surface area contributed by atoms with Crippen molar-refractivity contribution >= 4 is 35.8 Å². The highest BCUT2D eigenvalue weighted by Gasteiger charge is 2.06. The average molecular weight is 462 g/mol. The van der Waals surface area contributed by atoms with E-state index in [0.29, 0.717) is 12.5 Å². The van der Waals surface area contributed by atoms with E-state index >= 15 is 0 Å². The van der Waals surface area contributed by atoms with E-state index in [1.54, 1.807) is 26.1 Å². The summed E-state index contributed by atoms with van der Waals surface area (Å²) in [7, 11) is 5.15. The van der Waals surface area contributed by atoms with Crippen LogP contribution in [0, 0.1) is 6.92 Å². The van der Waals surface area contributed by atoms with Gasteiger partial charge in [-0.25, -0.2) is 4.99 Å². The molecular weight excluding hydrogens is 431 g/mol. The first kappa shape index (κ1) is 23.5. The van der Waals surface area contributed by atoms with Crippen LogP contribution in [0.25, 0.3) is 0 Å². The van der Waals surface area contributed by atoms with E-state index in [1.807, 2.05) is 12.1 Å². The molecule has 1 rings (SSSR count). The monoisotopic (exact) mass is 462 g/mol. The number of aliphatic imine (C=N–C) groups is 1. The standard InChI is InChI=1S/C18H30N4O2.HI/c1-6-10-19-18(21-13-17(23)22(3)4)20-11-9-15-12-14(2)7-8-16(15)24-5;/h7-8,12H,6,9-11,13H2,1-5H3,(H2,19,20,21);1H. The van der Waals surface area contributed by atoms with Crippen LogP contribution in [0.1, 0.15) is 24.5 Å². The number of ether oxygens (including phenoxy) is 1. The van der Waals surface area contributed by atoms with Crippen LogP contribution in [0.5, 0.6) is 5.75 Å². The van der Waals surface area contributed by atoms with Crippen molar-refractivity contribution in [2.75, 3.05) is 40.8 Å². The first-order chi connectivity index (χ1) is 11.5. The van der Waals surface area contributed by atoms with Crippen molar-refractivity contribution in [3.63, 3.8) is 0 Å². The van der Waals surface area contributed by atoms with E-state index in [4.69, 9.17) is 4.74 Å². The second-order valence-electron chi connectivity index (χ2n) is 5.87. The first-order valence-corrected chi connectivity index (χ1v) is 8.33. The number of halogens is 1. The molecule has 0 bridgehead atoms. The van der Waals surface area contributed by atoms with Gasteiger partial charge >= 0.3 is 0 Å². The number of carbonyl (C=O) groups excluding carboxylic acids is 1. The van der Waals surface area contributed by atoms with Gasteiger partial charge in [-0.2, -0.15) is 0 Å². The molecule has 2 N–H and O–H groups in total. The number of nitrogens with zero attached hydrogens (tertiary/aromatic N) is 2. The lowest BCUT2D eigenvalue weighted by Gasteiger charge is -2.14. The summed E-state index contributed by atoms with van der Waals surface area (Å²) in [6.07, 6.45) is 1.81. The van der Waals surface area contributed by atoms with Gasteiger partial charge in [0.2, 0.25) is 5.91 Å². The molecule has 0 heterocycles. The van der Waals surface area contributed by atoms with Crippen molar-refractivity contribution in [2.24, 2.45) is 4.99 Å². The van der Waals surface area contributed by atoms with Crippen molar-refractivity contribution in [1.82, 2.24) is 15.5 Å². The molecular formula is C18H31IN4O2. The molecule has 6 nitrogen and oxygen atoms in total. The van der Waals surface area contributed by atoms with Crippen LogP contribution in [-0.2, 0) is 11.2 Å². The van der Waals surface area contributed by atoms with Gasteiger partial charge in [0, 0.05) is 27.2 Å². The molecule has 0 aliphatic heterocycles. The Kier molecular flexibility index (Phi) is 12.0. The topological polar surface area (TPSA) is 66.0 Å². The van der Waals surface area contributed by atoms with Gasteiger partial charge in [0.1, 0.15) is 12.3 Å². The SMILES string of the molecule is CCCNC(=NCC(=O)N(C)C)NCCc1cc(C)ccc1OC.I. The predicted molar refractivity (Wildman–Crippen MR) is 114 cm³/mol. The van der Waals surface area contributed by atoms with E-state index in [0.717, 1.165) is 30.7 Å². The van der Waals surface area contributed by atoms with Gasteiger partial charge in [-0.15, -0.1) is 24.0 Å².